The second-order valence-corrected chi connectivity index (χ2v) is 4.52. The number of pyridine rings is 1. The van der Waals surface area contributed by atoms with Crippen molar-refractivity contribution in [1.82, 2.24) is 4.98 Å². The molecule has 100 valence electrons. The van der Waals surface area contributed by atoms with Crippen LogP contribution >= 0.6 is 0 Å². The van der Waals surface area contributed by atoms with Crippen LogP contribution in [0.1, 0.15) is 27.2 Å². The summed E-state index contributed by atoms with van der Waals surface area (Å²) in [6.45, 7) is 1.71. The number of nitrogens with one attached hydrogen (secondary N) is 1. The predicted molar refractivity (Wildman–Crippen MR) is 71.5 cm³/mol. The molecule has 0 aliphatic carbocycles. The van der Waals surface area contributed by atoms with Crippen molar-refractivity contribution in [3.8, 4) is 0 Å². The van der Waals surface area contributed by atoms with Crippen LogP contribution in [0.15, 0.2) is 35.1 Å². The molecule has 0 saturated carbocycles. The topological polar surface area (TPSA) is 59.2 Å². The molecule has 0 bridgehead atoms. The summed E-state index contributed by atoms with van der Waals surface area (Å²) in [7, 11) is 0. The molecule has 0 atom stereocenters. The quantitative estimate of drug-likeness (QED) is 0.811. The summed E-state index contributed by atoms with van der Waals surface area (Å²) in [5.74, 6) is -0.820. The van der Waals surface area contributed by atoms with E-state index < -0.39 is 11.5 Å². The minimum Gasteiger partial charge on any atom is -0.422 e. The van der Waals surface area contributed by atoms with Crippen LogP contribution in [0.3, 0.4) is 0 Å². The van der Waals surface area contributed by atoms with E-state index in [1.807, 2.05) is 0 Å². The molecule has 3 rings (SSSR count). The fraction of sp³-hybridized carbons (Fsp3) is 0.0667. The summed E-state index contributed by atoms with van der Waals surface area (Å²) < 4.78 is 18.2. The molecular weight excluding hydrogens is 261 g/mol. The second kappa shape index (κ2) is 4.45. The lowest BCUT2D eigenvalue weighted by Gasteiger charge is -2.00. The third-order valence-corrected chi connectivity index (χ3v) is 2.99. The number of fused-ring (bicyclic) bond motifs is 1. The van der Waals surface area contributed by atoms with Gasteiger partial charge >= 0.3 is 5.97 Å². The van der Waals surface area contributed by atoms with Gasteiger partial charge in [-0.1, -0.05) is 12.1 Å². The van der Waals surface area contributed by atoms with Crippen LogP contribution in [0.4, 0.5) is 4.39 Å². The molecule has 1 aromatic heterocycles. The fourth-order valence-corrected chi connectivity index (χ4v) is 2.15. The minimum absolute atomic E-state index is 0.0155. The lowest BCUT2D eigenvalue weighted by molar-refractivity contribution is 0.0715. The number of halogens is 1. The zero-order valence-electron chi connectivity index (χ0n) is 10.6. The number of cyclic esters (lactones) is 1. The van der Waals surface area contributed by atoms with Gasteiger partial charge in [0.2, 0.25) is 0 Å². The van der Waals surface area contributed by atoms with Crippen molar-refractivity contribution >= 4 is 17.8 Å². The Morgan fingerprint density at radius 1 is 1.25 bits per heavy atom. The number of hydrogen-bond acceptors (Lipinski definition) is 3. The van der Waals surface area contributed by atoms with Crippen LogP contribution < -0.4 is 5.56 Å². The maximum atomic E-state index is 13.1. The number of aromatic amines is 1. The van der Waals surface area contributed by atoms with Crippen LogP contribution in [0, 0.1) is 12.7 Å². The number of esters is 1. The molecule has 0 saturated heterocycles. The Morgan fingerprint density at radius 2 is 2.05 bits per heavy atom. The highest BCUT2D eigenvalue weighted by molar-refractivity contribution is 6.05. The van der Waals surface area contributed by atoms with E-state index in [2.05, 4.69) is 4.98 Å². The lowest BCUT2D eigenvalue weighted by atomic mass is 10.1. The highest BCUT2D eigenvalue weighted by Crippen LogP contribution is 2.29. The molecule has 1 aromatic carbocycles. The van der Waals surface area contributed by atoms with Gasteiger partial charge in [-0.15, -0.1) is 0 Å². The number of H-pyrrole nitrogens is 1. The Hall–Kier alpha value is -2.69. The van der Waals surface area contributed by atoms with Gasteiger partial charge in [0.1, 0.15) is 17.1 Å². The van der Waals surface area contributed by atoms with Crippen molar-refractivity contribution in [3.63, 3.8) is 0 Å². The first-order valence-corrected chi connectivity index (χ1v) is 5.98. The highest BCUT2D eigenvalue weighted by Gasteiger charge is 2.29. The van der Waals surface area contributed by atoms with Crippen molar-refractivity contribution in [1.29, 1.82) is 0 Å². The van der Waals surface area contributed by atoms with Gasteiger partial charge in [0.05, 0.1) is 0 Å². The third kappa shape index (κ3) is 2.03. The fourth-order valence-electron chi connectivity index (χ4n) is 2.15. The monoisotopic (exact) mass is 271 g/mol. The van der Waals surface area contributed by atoms with E-state index in [1.165, 1.54) is 18.2 Å². The number of aryl methyl sites for hydroxylation is 1. The molecule has 1 aliphatic rings. The Kier molecular flexibility index (Phi) is 2.75. The summed E-state index contributed by atoms with van der Waals surface area (Å²) in [5, 5.41) is 0. The van der Waals surface area contributed by atoms with E-state index in [-0.39, 0.29) is 17.1 Å². The largest absolute Gasteiger partial charge is 0.422 e. The molecule has 1 aliphatic heterocycles. The number of hydrogen-bond donors (Lipinski definition) is 1. The average Bonchev–Trinajstić information content (AvgIpc) is 2.66. The molecule has 1 N–H and O–H groups in total. The van der Waals surface area contributed by atoms with E-state index in [1.54, 1.807) is 25.1 Å². The van der Waals surface area contributed by atoms with Crippen LogP contribution in [0.5, 0.6) is 0 Å². The third-order valence-electron chi connectivity index (χ3n) is 2.99. The molecule has 0 unspecified atom stereocenters. The average molecular weight is 271 g/mol. The molecule has 0 fully saturated rings. The van der Waals surface area contributed by atoms with Crippen molar-refractivity contribution in [3.05, 3.63) is 68.9 Å². The van der Waals surface area contributed by atoms with Crippen LogP contribution in [0.25, 0.3) is 11.8 Å². The first-order valence-electron chi connectivity index (χ1n) is 5.98. The van der Waals surface area contributed by atoms with Gasteiger partial charge in [-0.25, -0.2) is 9.18 Å². The molecule has 5 heteroatoms. The smallest absolute Gasteiger partial charge is 0.349 e. The van der Waals surface area contributed by atoms with E-state index in [4.69, 9.17) is 4.74 Å². The summed E-state index contributed by atoms with van der Waals surface area (Å²) in [6, 6.07) is 7.54. The zero-order chi connectivity index (χ0) is 14.3. The van der Waals surface area contributed by atoms with E-state index in [0.717, 1.165) is 0 Å². The Morgan fingerprint density at radius 3 is 2.80 bits per heavy atom. The summed E-state index contributed by atoms with van der Waals surface area (Å²) in [4.78, 5) is 26.0. The van der Waals surface area contributed by atoms with Crippen molar-refractivity contribution in [2.24, 2.45) is 0 Å². The van der Waals surface area contributed by atoms with Gasteiger partial charge in [0.15, 0.2) is 0 Å². The lowest BCUT2D eigenvalue weighted by Crippen LogP contribution is -2.16. The number of rotatable bonds is 1. The van der Waals surface area contributed by atoms with E-state index in [9.17, 15) is 14.0 Å². The molecule has 0 spiro atoms. The molecule has 2 heterocycles. The normalized spacial score (nSPS) is 15.3. The molecule has 0 radical (unpaired) electrons. The van der Waals surface area contributed by atoms with Gasteiger partial charge in [-0.3, -0.25) is 4.79 Å². The van der Waals surface area contributed by atoms with Crippen LogP contribution in [0.2, 0.25) is 0 Å². The summed E-state index contributed by atoms with van der Waals surface area (Å²) in [5.41, 5.74) is 1.11. The van der Waals surface area contributed by atoms with Gasteiger partial charge in [0.25, 0.3) is 5.56 Å². The SMILES string of the molecule is Cc1cc2c(c(=O)[nH]1)C(=O)O/C2=C/c1cccc(F)c1. The maximum Gasteiger partial charge on any atom is 0.349 e. The summed E-state index contributed by atoms with van der Waals surface area (Å²) >= 11 is 0. The molecule has 2 aromatic rings. The number of carbonyl (C=O) groups is 1. The molecule has 4 nitrogen and oxygen atoms in total. The van der Waals surface area contributed by atoms with E-state index in [0.29, 0.717) is 16.8 Å². The van der Waals surface area contributed by atoms with Crippen molar-refractivity contribution < 1.29 is 13.9 Å². The Bertz CT molecular complexity index is 805. The second-order valence-electron chi connectivity index (χ2n) is 4.52. The first-order chi connectivity index (χ1) is 9.54. The van der Waals surface area contributed by atoms with Crippen LogP contribution in [-0.2, 0) is 4.74 Å². The minimum atomic E-state index is -0.691. The van der Waals surface area contributed by atoms with E-state index >= 15 is 0 Å². The Balaban J connectivity index is 2.16. The highest BCUT2D eigenvalue weighted by atomic mass is 19.1. The molecule has 20 heavy (non-hydrogen) atoms. The maximum absolute atomic E-state index is 13.1. The van der Waals surface area contributed by atoms with Crippen molar-refractivity contribution in [2.45, 2.75) is 6.92 Å². The van der Waals surface area contributed by atoms with Gasteiger partial charge in [-0.2, -0.15) is 0 Å². The van der Waals surface area contributed by atoms with Gasteiger partial charge < -0.3 is 9.72 Å². The van der Waals surface area contributed by atoms with Crippen LogP contribution in [-0.4, -0.2) is 11.0 Å². The van der Waals surface area contributed by atoms with Gasteiger partial charge in [-0.05, 0) is 36.8 Å². The first kappa shape index (κ1) is 12.3. The number of carbonyl (C=O) groups excluding carboxylic acids is 1. The predicted octanol–water partition coefficient (Wildman–Crippen LogP) is 2.49. The molecular formula is C15H10FNO3. The standard InChI is InChI=1S/C15H10FNO3/c1-8-5-11-12(7-9-3-2-4-10(16)6-9)20-15(19)13(11)14(18)17-8/h2-7H,1H3,(H,17,18)/b12-7+. The van der Waals surface area contributed by atoms with Crippen molar-refractivity contribution in [2.75, 3.05) is 0 Å². The Labute approximate surface area is 113 Å². The van der Waals surface area contributed by atoms with Gasteiger partial charge in [0, 0.05) is 11.3 Å². The number of benzene rings is 1. The molecule has 0 amide bonds. The number of ether oxygens (including phenoxy) is 1. The summed E-state index contributed by atoms with van der Waals surface area (Å²) in [6.07, 6.45) is 1.53. The zero-order valence-corrected chi connectivity index (χ0v) is 10.6. The number of aromatic nitrogens is 1.